The Labute approximate surface area is 213 Å². The number of nitrogens with zero attached hydrogens (tertiary/aromatic N) is 1. The quantitative estimate of drug-likeness (QED) is 0.305. The van der Waals surface area contributed by atoms with Gasteiger partial charge in [0.1, 0.15) is 6.04 Å². The molecule has 1 spiro atoms. The molecule has 3 amide bonds. The average Bonchev–Trinajstić information content (AvgIpc) is 3.43. The molecular weight excluding hydrogens is 518 g/mol. The molecule has 3 fully saturated rings. The Morgan fingerprint density at radius 1 is 1.26 bits per heavy atom. The third kappa shape index (κ3) is 4.28. The van der Waals surface area contributed by atoms with Crippen molar-refractivity contribution in [3.63, 3.8) is 0 Å². The van der Waals surface area contributed by atoms with E-state index in [1.54, 1.807) is 23.7 Å². The number of nitrogens with one attached hydrogen (secondary N) is 2. The van der Waals surface area contributed by atoms with Crippen molar-refractivity contribution < 1.29 is 19.5 Å². The number of hydrogen-bond acceptors (Lipinski definition) is 5. The molecule has 1 aromatic rings. The molecule has 34 heavy (non-hydrogen) atoms. The summed E-state index contributed by atoms with van der Waals surface area (Å²) in [5.41, 5.74) is 0.990. The lowest BCUT2D eigenvalue weighted by Crippen LogP contribution is -2.57. The Hall–Kier alpha value is -1.58. The van der Waals surface area contributed by atoms with Crippen molar-refractivity contribution in [2.75, 3.05) is 20.2 Å². The Morgan fingerprint density at radius 3 is 2.65 bits per heavy atom. The zero-order chi connectivity index (χ0) is 24.5. The molecule has 3 saturated heterocycles. The number of alkyl halides is 1. The normalized spacial score (nSPS) is 32.5. The first-order valence-electron chi connectivity index (χ1n) is 12.2. The van der Waals surface area contributed by atoms with Crippen LogP contribution in [0, 0.1) is 11.8 Å². The third-order valence-electron chi connectivity index (χ3n) is 7.52. The molecule has 7 atom stereocenters. The number of carbonyl (C=O) groups is 3. The monoisotopic (exact) mass is 551 g/mol. The van der Waals surface area contributed by atoms with Gasteiger partial charge in [-0.2, -0.15) is 0 Å². The maximum atomic E-state index is 14.0. The highest BCUT2D eigenvalue weighted by Gasteiger charge is 2.76. The SMILES string of the molecule is CCCCCNC(=O)C1N([C@@H](CO)Cc2ccccc2)C(=O)[C@@H]2[C@@H](C(=O)NC)[C@@H]3SC12CC3Br. The zero-order valence-electron chi connectivity index (χ0n) is 19.7. The number of carbonyl (C=O) groups excluding carboxylic acids is 3. The number of aliphatic hydroxyl groups excluding tert-OH is 1. The number of amides is 3. The second-order valence-corrected chi connectivity index (χ2v) is 12.3. The summed E-state index contributed by atoms with van der Waals surface area (Å²) >= 11 is 5.37. The van der Waals surface area contributed by atoms with E-state index in [0.29, 0.717) is 19.4 Å². The Balaban J connectivity index is 1.71. The van der Waals surface area contributed by atoms with Crippen LogP contribution >= 0.6 is 27.7 Å². The van der Waals surface area contributed by atoms with Gasteiger partial charge in [-0.15, -0.1) is 11.8 Å². The summed E-state index contributed by atoms with van der Waals surface area (Å²) in [6.45, 7) is 2.42. The van der Waals surface area contributed by atoms with E-state index in [0.717, 1.165) is 24.8 Å². The van der Waals surface area contributed by atoms with Crippen LogP contribution in [-0.2, 0) is 20.8 Å². The summed E-state index contributed by atoms with van der Waals surface area (Å²) < 4.78 is -0.688. The van der Waals surface area contributed by atoms with E-state index < -0.39 is 28.7 Å². The molecule has 2 bridgehead atoms. The van der Waals surface area contributed by atoms with E-state index >= 15 is 0 Å². The van der Waals surface area contributed by atoms with Crippen molar-refractivity contribution in [2.24, 2.45) is 11.8 Å². The molecular formula is C25H34BrN3O4S. The summed E-state index contributed by atoms with van der Waals surface area (Å²) in [4.78, 5) is 42.3. The average molecular weight is 553 g/mol. The number of hydrogen-bond donors (Lipinski definition) is 3. The second kappa shape index (κ2) is 10.6. The molecule has 3 unspecified atom stereocenters. The highest BCUT2D eigenvalue weighted by atomic mass is 79.9. The molecule has 3 aliphatic heterocycles. The van der Waals surface area contributed by atoms with Gasteiger partial charge in [-0.05, 0) is 24.8 Å². The van der Waals surface area contributed by atoms with Gasteiger partial charge in [-0.25, -0.2) is 0 Å². The minimum Gasteiger partial charge on any atom is -0.394 e. The number of likely N-dealkylation sites (tertiary alicyclic amines) is 1. The predicted octanol–water partition coefficient (Wildman–Crippen LogP) is 2.11. The first kappa shape index (κ1) is 25.5. The lowest BCUT2D eigenvalue weighted by atomic mass is 9.70. The Bertz CT molecular complexity index is 919. The number of unbranched alkanes of at least 4 members (excludes halogenated alkanes) is 2. The van der Waals surface area contributed by atoms with Gasteiger partial charge in [0.2, 0.25) is 17.7 Å². The molecule has 0 aromatic heterocycles. The van der Waals surface area contributed by atoms with Gasteiger partial charge < -0.3 is 20.6 Å². The highest BCUT2D eigenvalue weighted by molar-refractivity contribution is 9.09. The summed E-state index contributed by atoms with van der Waals surface area (Å²) in [6.07, 6.45) is 4.04. The van der Waals surface area contributed by atoms with Crippen LogP contribution in [-0.4, -0.2) is 74.8 Å². The molecule has 0 saturated carbocycles. The van der Waals surface area contributed by atoms with Crippen LogP contribution in [0.2, 0.25) is 0 Å². The van der Waals surface area contributed by atoms with Crippen LogP contribution in [0.4, 0.5) is 0 Å². The van der Waals surface area contributed by atoms with Crippen LogP contribution in [0.1, 0.15) is 38.2 Å². The van der Waals surface area contributed by atoms with Crippen molar-refractivity contribution in [3.8, 4) is 0 Å². The van der Waals surface area contributed by atoms with Crippen LogP contribution in [0.3, 0.4) is 0 Å². The first-order chi connectivity index (χ1) is 16.4. The minimum absolute atomic E-state index is 0.0425. The predicted molar refractivity (Wildman–Crippen MR) is 137 cm³/mol. The van der Waals surface area contributed by atoms with Gasteiger partial charge in [0, 0.05) is 23.7 Å². The number of aliphatic hydroxyl groups is 1. The maximum Gasteiger partial charge on any atom is 0.244 e. The van der Waals surface area contributed by atoms with E-state index in [9.17, 15) is 19.5 Å². The largest absolute Gasteiger partial charge is 0.394 e. The van der Waals surface area contributed by atoms with E-state index in [-0.39, 0.29) is 34.4 Å². The first-order valence-corrected chi connectivity index (χ1v) is 14.0. The maximum absolute atomic E-state index is 14.0. The van der Waals surface area contributed by atoms with Gasteiger partial charge in [0.25, 0.3) is 0 Å². The summed E-state index contributed by atoms with van der Waals surface area (Å²) in [6, 6.07) is 8.44. The fourth-order valence-corrected chi connectivity index (χ4v) is 9.65. The van der Waals surface area contributed by atoms with Gasteiger partial charge >= 0.3 is 0 Å². The molecule has 1 aromatic carbocycles. The Morgan fingerprint density at radius 2 is 2.00 bits per heavy atom. The van der Waals surface area contributed by atoms with E-state index in [4.69, 9.17) is 0 Å². The van der Waals surface area contributed by atoms with Crippen molar-refractivity contribution in [1.29, 1.82) is 0 Å². The van der Waals surface area contributed by atoms with Crippen LogP contribution in [0.15, 0.2) is 30.3 Å². The summed E-state index contributed by atoms with van der Waals surface area (Å²) in [5.74, 6) is -1.60. The molecule has 3 aliphatic rings. The van der Waals surface area contributed by atoms with Gasteiger partial charge in [0.05, 0.1) is 29.2 Å². The summed E-state index contributed by atoms with van der Waals surface area (Å²) in [5, 5.41) is 16.1. The van der Waals surface area contributed by atoms with E-state index in [1.807, 2.05) is 30.3 Å². The minimum atomic E-state index is -0.725. The number of rotatable bonds is 10. The van der Waals surface area contributed by atoms with Crippen molar-refractivity contribution in [1.82, 2.24) is 15.5 Å². The fourth-order valence-electron chi connectivity index (χ4n) is 6.05. The van der Waals surface area contributed by atoms with Gasteiger partial charge in [0.15, 0.2) is 0 Å². The molecule has 7 nitrogen and oxygen atoms in total. The zero-order valence-corrected chi connectivity index (χ0v) is 22.1. The molecule has 4 rings (SSSR count). The number of halogens is 1. The molecule has 3 heterocycles. The van der Waals surface area contributed by atoms with Crippen molar-refractivity contribution in [3.05, 3.63) is 35.9 Å². The Kier molecular flexibility index (Phi) is 7.94. The van der Waals surface area contributed by atoms with Gasteiger partial charge in [-0.1, -0.05) is 66.0 Å². The topological polar surface area (TPSA) is 98.7 Å². The smallest absolute Gasteiger partial charge is 0.244 e. The third-order valence-corrected chi connectivity index (χ3v) is 10.7. The molecule has 9 heteroatoms. The molecule has 0 radical (unpaired) electrons. The van der Waals surface area contributed by atoms with E-state index in [1.165, 1.54) is 0 Å². The summed E-state index contributed by atoms with van der Waals surface area (Å²) in [7, 11) is 1.59. The second-order valence-electron chi connectivity index (χ2n) is 9.55. The van der Waals surface area contributed by atoms with Crippen LogP contribution in [0.5, 0.6) is 0 Å². The lowest BCUT2D eigenvalue weighted by Gasteiger charge is -2.37. The van der Waals surface area contributed by atoms with Crippen molar-refractivity contribution >= 4 is 45.4 Å². The highest BCUT2D eigenvalue weighted by Crippen LogP contribution is 2.67. The number of benzene rings is 1. The number of fused-ring (bicyclic) bond motifs is 1. The van der Waals surface area contributed by atoms with Crippen LogP contribution < -0.4 is 10.6 Å². The lowest BCUT2D eigenvalue weighted by molar-refractivity contribution is -0.142. The molecule has 186 valence electrons. The van der Waals surface area contributed by atoms with Crippen LogP contribution in [0.25, 0.3) is 0 Å². The number of thioether (sulfide) groups is 1. The van der Waals surface area contributed by atoms with Gasteiger partial charge in [-0.3, -0.25) is 14.4 Å². The van der Waals surface area contributed by atoms with E-state index in [2.05, 4.69) is 33.5 Å². The standard InChI is InChI=1S/C25H34BrN3O4S/c1-3-4-8-11-28-23(32)21-25-13-17(26)20(34-25)18(22(31)27-2)19(25)24(33)29(21)16(14-30)12-15-9-6-5-7-10-15/h5-7,9-10,16-21,30H,3-4,8,11-14H2,1-2H3,(H,27,31)(H,28,32)/t16-,17?,18-,19+,20-,21?,25?/m1/s1. The molecule has 3 N–H and O–H groups in total. The molecule has 0 aliphatic carbocycles. The fraction of sp³-hybridized carbons (Fsp3) is 0.640. The van der Waals surface area contributed by atoms with Crippen molar-refractivity contribution in [2.45, 2.75) is 65.9 Å².